The van der Waals surface area contributed by atoms with E-state index in [0.717, 1.165) is 0 Å². The second-order valence-corrected chi connectivity index (χ2v) is 8.64. The van der Waals surface area contributed by atoms with Crippen LogP contribution in [0, 0.1) is 0 Å². The molecular formula is C8H19N3O4SSi. The van der Waals surface area contributed by atoms with E-state index in [-0.39, 0.29) is 5.75 Å². The highest BCUT2D eigenvalue weighted by Crippen LogP contribution is 2.16. The van der Waals surface area contributed by atoms with E-state index in [1.807, 2.05) is 20.4 Å². The van der Waals surface area contributed by atoms with Crippen LogP contribution in [0.3, 0.4) is 0 Å². The van der Waals surface area contributed by atoms with E-state index in [2.05, 4.69) is 9.43 Å². The van der Waals surface area contributed by atoms with E-state index in [4.69, 9.17) is 14.4 Å². The zero-order chi connectivity index (χ0) is 13.4. The topological polar surface area (TPSA) is 101 Å². The van der Waals surface area contributed by atoms with Gasteiger partial charge >= 0.3 is 8.56 Å². The average molecular weight is 281 g/mol. The molecule has 0 atom stereocenters. The highest BCUT2D eigenvalue weighted by atomic mass is 32.2. The van der Waals surface area contributed by atoms with Crippen LogP contribution in [0.15, 0.2) is 4.52 Å². The minimum absolute atomic E-state index is 0.167. The molecule has 0 aliphatic carbocycles. The lowest BCUT2D eigenvalue weighted by atomic mass is 10.6. The zero-order valence-corrected chi connectivity index (χ0v) is 12.2. The number of hydrogen-bond donors (Lipinski definition) is 0. The largest absolute Gasteiger partial charge is 0.395 e. The second-order valence-electron chi connectivity index (χ2n) is 3.56. The maximum absolute atomic E-state index is 11.1. The fourth-order valence-electron chi connectivity index (χ4n) is 1.47. The van der Waals surface area contributed by atoms with Crippen molar-refractivity contribution in [1.82, 2.24) is 0 Å². The van der Waals surface area contributed by atoms with Gasteiger partial charge in [-0.25, -0.2) is 8.42 Å². The molecule has 0 rings (SSSR count). The maximum Gasteiger partial charge on any atom is 0.334 e. The molecule has 0 radical (unpaired) electrons. The normalized spacial score (nSPS) is 12.2. The predicted octanol–water partition coefficient (Wildman–Crippen LogP) is 2.16. The Morgan fingerprint density at radius 2 is 1.82 bits per heavy atom. The number of hydrogen-bond acceptors (Lipinski definition) is 4. The Morgan fingerprint density at radius 3 is 2.24 bits per heavy atom. The summed E-state index contributed by atoms with van der Waals surface area (Å²) in [7, 11) is -5.94. The van der Waals surface area contributed by atoms with Crippen LogP contribution >= 0.6 is 0 Å². The summed E-state index contributed by atoms with van der Waals surface area (Å²) >= 11 is 0. The van der Waals surface area contributed by atoms with Crippen LogP contribution in [0.1, 0.15) is 20.3 Å². The summed E-state index contributed by atoms with van der Waals surface area (Å²) < 4.78 is 36.2. The summed E-state index contributed by atoms with van der Waals surface area (Å²) in [4.78, 5) is 2.28. The molecule has 0 aliphatic rings. The number of azide groups is 1. The fourth-order valence-corrected chi connectivity index (χ4v) is 4.84. The summed E-state index contributed by atoms with van der Waals surface area (Å²) in [6.45, 7) is 6.75. The van der Waals surface area contributed by atoms with E-state index >= 15 is 0 Å². The van der Waals surface area contributed by atoms with Crippen molar-refractivity contribution in [2.45, 2.75) is 32.9 Å². The Bertz CT molecular complexity index is 361. The molecule has 9 heteroatoms. The van der Waals surface area contributed by atoms with Gasteiger partial charge in [0.1, 0.15) is 0 Å². The second kappa shape index (κ2) is 7.67. The van der Waals surface area contributed by atoms with E-state index in [1.54, 1.807) is 0 Å². The molecule has 0 spiro atoms. The summed E-state index contributed by atoms with van der Waals surface area (Å²) in [5.74, 6) is -0.167. The monoisotopic (exact) mass is 281 g/mol. The molecule has 0 aromatic carbocycles. The first-order valence-electron chi connectivity index (χ1n) is 5.46. The van der Waals surface area contributed by atoms with Crippen LogP contribution in [0.5, 0.6) is 0 Å². The molecule has 100 valence electrons. The molecule has 7 nitrogen and oxygen atoms in total. The number of rotatable bonds is 9. The van der Waals surface area contributed by atoms with Gasteiger partial charge < -0.3 is 8.85 Å². The van der Waals surface area contributed by atoms with Gasteiger partial charge in [0.05, 0.1) is 5.75 Å². The molecule has 17 heavy (non-hydrogen) atoms. The van der Waals surface area contributed by atoms with Crippen LogP contribution in [0.25, 0.3) is 10.4 Å². The molecule has 0 amide bonds. The van der Waals surface area contributed by atoms with E-state index in [1.165, 1.54) is 0 Å². The smallest absolute Gasteiger partial charge is 0.334 e. The predicted molar refractivity (Wildman–Crippen MR) is 67.2 cm³/mol. The molecule has 0 unspecified atom stereocenters. The highest BCUT2D eigenvalue weighted by molar-refractivity contribution is 7.89. The molecule has 0 saturated heterocycles. The van der Waals surface area contributed by atoms with Gasteiger partial charge in [-0.15, -0.1) is 0 Å². The molecule has 0 aromatic heterocycles. The van der Waals surface area contributed by atoms with Crippen LogP contribution in [-0.4, -0.2) is 35.9 Å². The van der Waals surface area contributed by atoms with Crippen molar-refractivity contribution in [1.29, 1.82) is 0 Å². The van der Waals surface area contributed by atoms with Gasteiger partial charge in [-0.1, -0.05) is 0 Å². The van der Waals surface area contributed by atoms with Gasteiger partial charge in [-0.2, -0.15) is 0 Å². The van der Waals surface area contributed by atoms with E-state index in [0.29, 0.717) is 25.7 Å². The minimum Gasteiger partial charge on any atom is -0.395 e. The SMILES string of the molecule is CCO[Si](C)(CCCS(=O)(=O)N=[N+]=[N-])OCC. The standard InChI is InChI=1S/C8H19N3O4SSi/c1-4-14-17(3,15-5-2)8-6-7-16(12,13)11-10-9/h4-8H2,1-3H3. The third-order valence-electron chi connectivity index (χ3n) is 2.09. The van der Waals surface area contributed by atoms with E-state index in [9.17, 15) is 8.42 Å². The first-order chi connectivity index (χ1) is 7.89. The Kier molecular flexibility index (Phi) is 7.40. The fraction of sp³-hybridized carbons (Fsp3) is 1.00. The summed E-state index contributed by atoms with van der Waals surface area (Å²) in [6.07, 6.45) is 0.379. The van der Waals surface area contributed by atoms with Crippen molar-refractivity contribution in [3.05, 3.63) is 10.4 Å². The van der Waals surface area contributed by atoms with Crippen LogP contribution in [-0.2, 0) is 18.9 Å². The summed E-state index contributed by atoms with van der Waals surface area (Å²) in [5.41, 5.74) is 8.07. The van der Waals surface area contributed by atoms with Crippen molar-refractivity contribution in [3.8, 4) is 0 Å². The third-order valence-corrected chi connectivity index (χ3v) is 6.28. The van der Waals surface area contributed by atoms with Crippen LogP contribution < -0.4 is 0 Å². The maximum atomic E-state index is 11.1. The third kappa shape index (κ3) is 7.34. The minimum atomic E-state index is -3.66. The summed E-state index contributed by atoms with van der Waals surface area (Å²) in [6, 6.07) is 0.564. The molecular weight excluding hydrogens is 262 g/mol. The van der Waals surface area contributed by atoms with Gasteiger partial charge in [-0.05, 0) is 38.4 Å². The Morgan fingerprint density at radius 1 is 1.29 bits per heavy atom. The highest BCUT2D eigenvalue weighted by Gasteiger charge is 2.30. The van der Waals surface area contributed by atoms with Gasteiger partial charge in [0, 0.05) is 22.6 Å². The first-order valence-corrected chi connectivity index (χ1v) is 9.59. The molecule has 0 fully saturated rings. The zero-order valence-electron chi connectivity index (χ0n) is 10.4. The number of sulfonamides is 1. The summed E-state index contributed by atoms with van der Waals surface area (Å²) in [5, 5.41) is 0. The molecule has 0 saturated carbocycles. The van der Waals surface area contributed by atoms with Crippen molar-refractivity contribution in [3.63, 3.8) is 0 Å². The van der Waals surface area contributed by atoms with Crippen molar-refractivity contribution < 1.29 is 17.3 Å². The molecule has 0 aromatic rings. The molecule has 0 heterocycles. The Hall–Kier alpha value is -0.603. The lowest BCUT2D eigenvalue weighted by Crippen LogP contribution is -2.39. The van der Waals surface area contributed by atoms with Gasteiger partial charge in [0.2, 0.25) is 10.0 Å². The van der Waals surface area contributed by atoms with Crippen LogP contribution in [0.2, 0.25) is 12.6 Å². The van der Waals surface area contributed by atoms with Crippen molar-refractivity contribution >= 4 is 18.6 Å². The first kappa shape index (κ1) is 16.4. The Labute approximate surface area is 103 Å². The average Bonchev–Trinajstić information content (AvgIpc) is 2.17. The quantitative estimate of drug-likeness (QED) is 0.279. The number of nitrogens with zero attached hydrogens (tertiary/aromatic N) is 3. The van der Waals surface area contributed by atoms with Gasteiger partial charge in [0.15, 0.2) is 0 Å². The van der Waals surface area contributed by atoms with Crippen LogP contribution in [0.4, 0.5) is 0 Å². The van der Waals surface area contributed by atoms with Gasteiger partial charge in [-0.3, -0.25) is 0 Å². The Balaban J connectivity index is 4.28. The lowest BCUT2D eigenvalue weighted by Gasteiger charge is -2.25. The van der Waals surface area contributed by atoms with Crippen molar-refractivity contribution in [2.24, 2.45) is 4.52 Å². The van der Waals surface area contributed by atoms with E-state index < -0.39 is 18.6 Å². The van der Waals surface area contributed by atoms with Gasteiger partial charge in [0.25, 0.3) is 0 Å². The lowest BCUT2D eigenvalue weighted by molar-refractivity contribution is 0.189. The molecule has 0 N–H and O–H groups in total. The molecule has 0 bridgehead atoms. The van der Waals surface area contributed by atoms with Crippen molar-refractivity contribution in [2.75, 3.05) is 19.0 Å². The molecule has 0 aliphatic heterocycles.